The summed E-state index contributed by atoms with van der Waals surface area (Å²) in [5.41, 5.74) is 2.96. The Bertz CT molecular complexity index is 773. The Morgan fingerprint density at radius 3 is 2.00 bits per heavy atom. The fraction of sp³-hybridized carbons (Fsp3) is 0.333. The van der Waals surface area contributed by atoms with Crippen molar-refractivity contribution in [3.63, 3.8) is 0 Å². The van der Waals surface area contributed by atoms with Gasteiger partial charge in [-0.3, -0.25) is 9.59 Å². The lowest BCUT2D eigenvalue weighted by molar-refractivity contribution is -0.122. The zero-order valence-corrected chi connectivity index (χ0v) is 14.2. The van der Waals surface area contributed by atoms with E-state index in [9.17, 15) is 9.59 Å². The van der Waals surface area contributed by atoms with Crippen molar-refractivity contribution in [2.75, 3.05) is 4.90 Å². The number of imide groups is 1. The summed E-state index contributed by atoms with van der Waals surface area (Å²) in [4.78, 5) is 27.1. The van der Waals surface area contributed by atoms with Gasteiger partial charge in [0, 0.05) is 11.8 Å². The zero-order chi connectivity index (χ0) is 16.5. The number of allylic oxidation sites excluding steroid dienone is 4. The van der Waals surface area contributed by atoms with Crippen molar-refractivity contribution >= 4 is 40.7 Å². The SMILES string of the molecule is CC(C)=C1C2C=CC1C1C(=O)N(c3ccc(Cl)c(Cl)c3)C(=O)C21. The molecule has 4 unspecified atom stereocenters. The second-order valence-corrected chi connectivity index (χ2v) is 7.37. The molecule has 1 aliphatic heterocycles. The van der Waals surface area contributed by atoms with Crippen LogP contribution in [0.15, 0.2) is 41.5 Å². The lowest BCUT2D eigenvalue weighted by Gasteiger charge is -2.19. The minimum atomic E-state index is -0.281. The molecule has 0 radical (unpaired) electrons. The van der Waals surface area contributed by atoms with Crippen molar-refractivity contribution in [3.8, 4) is 0 Å². The lowest BCUT2D eigenvalue weighted by Crippen LogP contribution is -2.33. The van der Waals surface area contributed by atoms with Gasteiger partial charge in [0.05, 0.1) is 27.6 Å². The van der Waals surface area contributed by atoms with Crippen molar-refractivity contribution in [1.29, 1.82) is 0 Å². The first-order valence-electron chi connectivity index (χ1n) is 7.60. The molecule has 4 atom stereocenters. The molecule has 1 saturated heterocycles. The van der Waals surface area contributed by atoms with E-state index in [2.05, 4.69) is 26.0 Å². The van der Waals surface area contributed by atoms with Crippen LogP contribution in [0.3, 0.4) is 0 Å². The van der Waals surface area contributed by atoms with Crippen molar-refractivity contribution in [2.24, 2.45) is 23.7 Å². The molecule has 2 aliphatic carbocycles. The summed E-state index contributed by atoms with van der Waals surface area (Å²) in [6.45, 7) is 4.10. The minimum absolute atomic E-state index is 0.0548. The summed E-state index contributed by atoms with van der Waals surface area (Å²) in [5, 5.41) is 0.746. The van der Waals surface area contributed by atoms with Gasteiger partial charge in [-0.25, -0.2) is 4.90 Å². The molecule has 118 valence electrons. The molecule has 2 bridgehead atoms. The van der Waals surface area contributed by atoms with E-state index in [-0.39, 0.29) is 35.5 Å². The van der Waals surface area contributed by atoms with E-state index in [0.717, 1.165) is 0 Å². The summed E-state index contributed by atoms with van der Waals surface area (Å²) in [6.07, 6.45) is 4.16. The Kier molecular flexibility index (Phi) is 3.23. The highest BCUT2D eigenvalue weighted by Gasteiger charge is 2.61. The normalized spacial score (nSPS) is 31.3. The predicted molar refractivity (Wildman–Crippen MR) is 90.4 cm³/mol. The van der Waals surface area contributed by atoms with Gasteiger partial charge in [0.25, 0.3) is 0 Å². The van der Waals surface area contributed by atoms with Gasteiger partial charge in [0.1, 0.15) is 0 Å². The van der Waals surface area contributed by atoms with E-state index >= 15 is 0 Å². The Balaban J connectivity index is 1.77. The molecule has 23 heavy (non-hydrogen) atoms. The Hall–Kier alpha value is -1.58. The van der Waals surface area contributed by atoms with Crippen molar-refractivity contribution in [1.82, 2.24) is 0 Å². The maximum absolute atomic E-state index is 12.9. The average molecular weight is 348 g/mol. The number of carbonyl (C=O) groups is 2. The highest BCUT2D eigenvalue weighted by molar-refractivity contribution is 6.42. The molecule has 0 spiro atoms. The number of rotatable bonds is 1. The first-order chi connectivity index (χ1) is 10.9. The van der Waals surface area contributed by atoms with Crippen LogP contribution in [0.25, 0.3) is 0 Å². The fourth-order valence-corrected chi connectivity index (χ4v) is 4.60. The summed E-state index contributed by atoms with van der Waals surface area (Å²) >= 11 is 12.0. The van der Waals surface area contributed by atoms with Crippen molar-refractivity contribution in [2.45, 2.75) is 13.8 Å². The van der Waals surface area contributed by atoms with Gasteiger partial charge < -0.3 is 0 Å². The molecule has 3 aliphatic rings. The summed E-state index contributed by atoms with van der Waals surface area (Å²) in [6, 6.07) is 4.86. The highest BCUT2D eigenvalue weighted by Crippen LogP contribution is 2.57. The largest absolute Gasteiger partial charge is 0.274 e. The van der Waals surface area contributed by atoms with Gasteiger partial charge in [0.2, 0.25) is 11.8 Å². The number of benzene rings is 1. The van der Waals surface area contributed by atoms with Crippen LogP contribution in [0.2, 0.25) is 10.0 Å². The predicted octanol–water partition coefficient (Wildman–Crippen LogP) is 4.25. The molecule has 0 aromatic heterocycles. The van der Waals surface area contributed by atoms with Gasteiger partial charge >= 0.3 is 0 Å². The van der Waals surface area contributed by atoms with Crippen molar-refractivity contribution in [3.05, 3.63) is 51.5 Å². The summed E-state index contributed by atoms with van der Waals surface area (Å²) in [5.74, 6) is -0.713. The summed E-state index contributed by atoms with van der Waals surface area (Å²) in [7, 11) is 0. The van der Waals surface area contributed by atoms with Gasteiger partial charge in [-0.1, -0.05) is 46.5 Å². The molecule has 2 amide bonds. The molecule has 2 fully saturated rings. The molecule has 1 aromatic carbocycles. The Labute approximate surface area is 144 Å². The van der Waals surface area contributed by atoms with Crippen LogP contribution < -0.4 is 4.90 Å². The van der Waals surface area contributed by atoms with Crippen molar-refractivity contribution < 1.29 is 9.59 Å². The number of fused-ring (bicyclic) bond motifs is 5. The van der Waals surface area contributed by atoms with Crippen LogP contribution in [0.1, 0.15) is 13.8 Å². The first kappa shape index (κ1) is 15.0. The Morgan fingerprint density at radius 2 is 1.52 bits per heavy atom. The van der Waals surface area contributed by atoms with E-state index in [1.54, 1.807) is 18.2 Å². The molecular formula is C18H15Cl2NO2. The topological polar surface area (TPSA) is 37.4 Å². The molecule has 1 aromatic rings. The smallest absolute Gasteiger partial charge is 0.238 e. The van der Waals surface area contributed by atoms with Crippen LogP contribution in [0, 0.1) is 23.7 Å². The third kappa shape index (κ3) is 1.90. The molecular weight excluding hydrogens is 333 g/mol. The molecule has 5 heteroatoms. The highest BCUT2D eigenvalue weighted by atomic mass is 35.5. The van der Waals surface area contributed by atoms with Gasteiger partial charge in [-0.2, -0.15) is 0 Å². The van der Waals surface area contributed by atoms with Crippen LogP contribution >= 0.6 is 23.2 Å². The number of halogens is 2. The molecule has 1 saturated carbocycles. The maximum Gasteiger partial charge on any atom is 0.238 e. The second kappa shape index (κ2) is 4.96. The van der Waals surface area contributed by atoms with Crippen LogP contribution in [0.5, 0.6) is 0 Å². The fourth-order valence-electron chi connectivity index (χ4n) is 4.31. The van der Waals surface area contributed by atoms with Crippen LogP contribution in [-0.4, -0.2) is 11.8 Å². The summed E-state index contributed by atoms with van der Waals surface area (Å²) < 4.78 is 0. The van der Waals surface area contributed by atoms with E-state index in [4.69, 9.17) is 23.2 Å². The third-order valence-corrected chi connectivity index (χ3v) is 5.89. The number of amides is 2. The average Bonchev–Trinajstić information content (AvgIpc) is 3.13. The van der Waals surface area contributed by atoms with E-state index in [1.165, 1.54) is 16.0 Å². The van der Waals surface area contributed by atoms with Gasteiger partial charge in [0.15, 0.2) is 0 Å². The molecule has 1 heterocycles. The first-order valence-corrected chi connectivity index (χ1v) is 8.36. The van der Waals surface area contributed by atoms with Gasteiger partial charge in [-0.15, -0.1) is 0 Å². The van der Waals surface area contributed by atoms with Gasteiger partial charge in [-0.05, 0) is 32.0 Å². The minimum Gasteiger partial charge on any atom is -0.274 e. The van der Waals surface area contributed by atoms with Crippen LogP contribution in [0.4, 0.5) is 5.69 Å². The second-order valence-electron chi connectivity index (χ2n) is 6.55. The Morgan fingerprint density at radius 1 is 0.957 bits per heavy atom. The zero-order valence-electron chi connectivity index (χ0n) is 12.7. The number of hydrogen-bond acceptors (Lipinski definition) is 2. The maximum atomic E-state index is 12.9. The number of anilines is 1. The lowest BCUT2D eigenvalue weighted by atomic mass is 9.85. The quantitative estimate of drug-likeness (QED) is 0.562. The standard InChI is InChI=1S/C18H15Cl2NO2/c1-8(2)14-10-4-5-11(14)16-15(10)17(22)21(18(16)23)9-3-6-12(19)13(20)7-9/h3-7,10-11,15-16H,1-2H3. The van der Waals surface area contributed by atoms with E-state index in [0.29, 0.717) is 15.7 Å². The third-order valence-electron chi connectivity index (χ3n) is 5.15. The number of nitrogens with zero attached hydrogens (tertiary/aromatic N) is 1. The van der Waals surface area contributed by atoms with Crippen LogP contribution in [-0.2, 0) is 9.59 Å². The molecule has 0 N–H and O–H groups in total. The number of carbonyl (C=O) groups excluding carboxylic acids is 2. The number of hydrogen-bond donors (Lipinski definition) is 0. The molecule has 4 rings (SSSR count). The van der Waals surface area contributed by atoms with E-state index < -0.39 is 0 Å². The monoisotopic (exact) mass is 347 g/mol. The van der Waals surface area contributed by atoms with E-state index in [1.807, 2.05) is 0 Å². The molecule has 3 nitrogen and oxygen atoms in total.